The van der Waals surface area contributed by atoms with Crippen LogP contribution in [0.2, 0.25) is 0 Å². The molecule has 0 fully saturated rings. The standard InChI is InChI=1S/C30H19N2O.C15H28O2.Ir/c1-2-7-19(8-3-1)25-18-22(17-21-9-4-5-11-23(21)25)29-30-24(14-16-32-29)27-26(33-30)13-12-20-10-6-15-31-28(20)27;1-7-14(5,8-2)12(16)11-13(17)15(6,9-3)10-4;/h1-11,14-16,18H,12-13H2;11,16H,7-10H2,1-6H3;/q-1;;/b;12-11-;. The van der Waals surface area contributed by atoms with E-state index in [1.165, 1.54) is 28.2 Å². The molecule has 1 aliphatic carbocycles. The van der Waals surface area contributed by atoms with E-state index in [-0.39, 0.29) is 42.5 Å². The predicted octanol–water partition coefficient (Wildman–Crippen LogP) is 11.9. The Morgan fingerprint density at radius 3 is 2.18 bits per heavy atom. The van der Waals surface area contributed by atoms with Gasteiger partial charge in [0.2, 0.25) is 0 Å². The smallest absolute Gasteiger partial charge is 0.164 e. The quantitative estimate of drug-likeness (QED) is 0.0890. The summed E-state index contributed by atoms with van der Waals surface area (Å²) < 4.78 is 6.47. The van der Waals surface area contributed by atoms with Gasteiger partial charge in [-0.25, -0.2) is 0 Å². The van der Waals surface area contributed by atoms with E-state index < -0.39 is 0 Å². The van der Waals surface area contributed by atoms with Crippen LogP contribution in [-0.2, 0) is 37.7 Å². The number of ketones is 1. The van der Waals surface area contributed by atoms with Crippen molar-refractivity contribution in [2.45, 2.75) is 80.1 Å². The molecule has 1 N–H and O–H groups in total. The molecule has 3 heterocycles. The summed E-state index contributed by atoms with van der Waals surface area (Å²) in [6.45, 7) is 12.1. The van der Waals surface area contributed by atoms with Crippen LogP contribution in [0.5, 0.6) is 0 Å². The number of rotatable bonds is 9. The molecule has 1 aliphatic rings. The van der Waals surface area contributed by atoms with Gasteiger partial charge in [0.1, 0.15) is 17.1 Å². The maximum atomic E-state index is 12.2. The molecule has 3 aromatic carbocycles. The zero-order valence-electron chi connectivity index (χ0n) is 30.5. The molecule has 5 nitrogen and oxygen atoms in total. The van der Waals surface area contributed by atoms with Crippen LogP contribution >= 0.6 is 0 Å². The summed E-state index contributed by atoms with van der Waals surface area (Å²) in [4.78, 5) is 21.6. The number of aliphatic hydroxyl groups is 1. The zero-order valence-corrected chi connectivity index (χ0v) is 32.9. The number of allylic oxidation sites excluding steroid dienone is 2. The van der Waals surface area contributed by atoms with E-state index in [0.29, 0.717) is 0 Å². The number of aliphatic hydroxyl groups excluding tert-OH is 1. The van der Waals surface area contributed by atoms with Crippen molar-refractivity contribution < 1.29 is 34.4 Å². The predicted molar refractivity (Wildman–Crippen MR) is 205 cm³/mol. The van der Waals surface area contributed by atoms with Crippen molar-refractivity contribution in [3.63, 3.8) is 0 Å². The topological polar surface area (TPSA) is 76.2 Å². The van der Waals surface area contributed by atoms with Gasteiger partial charge in [-0.15, -0.1) is 23.6 Å². The molecule has 6 heteroatoms. The summed E-state index contributed by atoms with van der Waals surface area (Å²) in [7, 11) is 0. The molecular formula is C45H47IrN2O3-. The second-order valence-corrected chi connectivity index (χ2v) is 13.9. The number of aryl methyl sites for hydroxylation is 2. The number of aromatic nitrogens is 2. The van der Waals surface area contributed by atoms with E-state index in [0.717, 1.165) is 83.2 Å². The first kappa shape index (κ1) is 37.9. The number of hydrogen-bond acceptors (Lipinski definition) is 5. The summed E-state index contributed by atoms with van der Waals surface area (Å²) >= 11 is 0. The Morgan fingerprint density at radius 2 is 1.47 bits per heavy atom. The van der Waals surface area contributed by atoms with Crippen molar-refractivity contribution in [3.8, 4) is 33.6 Å². The third kappa shape index (κ3) is 7.36. The second kappa shape index (κ2) is 15.9. The number of hydrogen-bond donors (Lipinski definition) is 1. The summed E-state index contributed by atoms with van der Waals surface area (Å²) in [6, 6.07) is 30.9. The summed E-state index contributed by atoms with van der Waals surface area (Å²) in [5.41, 5.74) is 7.72. The molecule has 51 heavy (non-hydrogen) atoms. The molecular weight excluding hydrogens is 809 g/mol. The van der Waals surface area contributed by atoms with Crippen LogP contribution in [0, 0.1) is 16.9 Å². The molecule has 1 radical (unpaired) electrons. The molecule has 0 unspecified atom stereocenters. The maximum absolute atomic E-state index is 12.2. The summed E-state index contributed by atoms with van der Waals surface area (Å²) in [6.07, 6.45) is 10.3. The van der Waals surface area contributed by atoms with Gasteiger partial charge in [0.25, 0.3) is 0 Å². The molecule has 0 amide bonds. The first-order chi connectivity index (χ1) is 24.2. The average Bonchev–Trinajstić information content (AvgIpc) is 3.57. The van der Waals surface area contributed by atoms with Crippen molar-refractivity contribution in [3.05, 3.63) is 120 Å². The number of fused-ring (bicyclic) bond motifs is 6. The third-order valence-corrected chi connectivity index (χ3v) is 11.1. The van der Waals surface area contributed by atoms with E-state index in [1.54, 1.807) is 0 Å². The van der Waals surface area contributed by atoms with Crippen LogP contribution in [0.25, 0.3) is 55.4 Å². The second-order valence-electron chi connectivity index (χ2n) is 13.9. The van der Waals surface area contributed by atoms with Gasteiger partial charge in [-0.05, 0) is 55.4 Å². The summed E-state index contributed by atoms with van der Waals surface area (Å²) in [5.74, 6) is 1.28. The molecule has 0 saturated carbocycles. The van der Waals surface area contributed by atoms with Gasteiger partial charge < -0.3 is 9.52 Å². The molecule has 0 atom stereocenters. The van der Waals surface area contributed by atoms with Gasteiger partial charge in [0.15, 0.2) is 5.78 Å². The van der Waals surface area contributed by atoms with Gasteiger partial charge in [0, 0.05) is 72.5 Å². The number of benzene rings is 3. The first-order valence-corrected chi connectivity index (χ1v) is 18.0. The Morgan fingerprint density at radius 1 is 0.804 bits per heavy atom. The van der Waals surface area contributed by atoms with Crippen LogP contribution in [0.15, 0.2) is 108 Å². The third-order valence-electron chi connectivity index (χ3n) is 11.1. The maximum Gasteiger partial charge on any atom is 0.164 e. The molecule has 3 aromatic heterocycles. The van der Waals surface area contributed by atoms with E-state index >= 15 is 0 Å². The normalized spacial score (nSPS) is 12.8. The van der Waals surface area contributed by atoms with Crippen molar-refractivity contribution in [2.75, 3.05) is 0 Å². The zero-order chi connectivity index (χ0) is 35.5. The van der Waals surface area contributed by atoms with Crippen LogP contribution in [0.3, 0.4) is 0 Å². The average molecular weight is 856 g/mol. The van der Waals surface area contributed by atoms with Crippen molar-refractivity contribution in [1.29, 1.82) is 0 Å². The molecule has 6 aromatic rings. The van der Waals surface area contributed by atoms with E-state index in [9.17, 15) is 9.90 Å². The summed E-state index contributed by atoms with van der Waals surface area (Å²) in [5, 5.41) is 13.4. The minimum absolute atomic E-state index is 0. The SMILES string of the molecule is CCC(C)(CC)C(=O)/C=C(\O)C(C)(CC)CC.[Ir].[c-]1c(-c2nccc3c4c(oc23)CCc2cccnc2-4)cc(-c2ccccc2)c2ccccc12. The van der Waals surface area contributed by atoms with Crippen LogP contribution in [-0.4, -0.2) is 20.9 Å². The number of furan rings is 1. The first-order valence-electron chi connectivity index (χ1n) is 18.0. The van der Waals surface area contributed by atoms with Gasteiger partial charge in [-0.3, -0.25) is 14.8 Å². The van der Waals surface area contributed by atoms with Crippen LogP contribution < -0.4 is 0 Å². The number of pyridine rings is 2. The van der Waals surface area contributed by atoms with Gasteiger partial charge in [-0.1, -0.05) is 113 Å². The molecule has 0 bridgehead atoms. The Kier molecular flexibility index (Phi) is 11.8. The van der Waals surface area contributed by atoms with Gasteiger partial charge in [-0.2, -0.15) is 0 Å². The van der Waals surface area contributed by atoms with Gasteiger partial charge in [0.05, 0.1) is 5.69 Å². The Balaban J connectivity index is 0.000000242. The van der Waals surface area contributed by atoms with E-state index in [1.807, 2.05) is 72.1 Å². The van der Waals surface area contributed by atoms with Gasteiger partial charge >= 0.3 is 0 Å². The van der Waals surface area contributed by atoms with Crippen LogP contribution in [0.1, 0.15) is 78.5 Å². The van der Waals surface area contributed by atoms with Crippen molar-refractivity contribution >= 4 is 27.5 Å². The van der Waals surface area contributed by atoms with Crippen molar-refractivity contribution in [1.82, 2.24) is 9.97 Å². The van der Waals surface area contributed by atoms with Crippen LogP contribution in [0.4, 0.5) is 0 Å². The fourth-order valence-corrected chi connectivity index (χ4v) is 6.71. The number of carbonyl (C=O) groups excluding carboxylic acids is 1. The minimum atomic E-state index is -0.337. The van der Waals surface area contributed by atoms with E-state index in [2.05, 4.69) is 66.7 Å². The Labute approximate surface area is 315 Å². The Bertz CT molecular complexity index is 2180. The van der Waals surface area contributed by atoms with E-state index in [4.69, 9.17) is 14.4 Å². The molecule has 0 spiro atoms. The monoisotopic (exact) mass is 856 g/mol. The molecule has 7 rings (SSSR count). The van der Waals surface area contributed by atoms with Crippen molar-refractivity contribution in [2.24, 2.45) is 10.8 Å². The Hall–Kier alpha value is -4.38. The molecule has 0 aliphatic heterocycles. The largest absolute Gasteiger partial charge is 0.512 e. The fraction of sp³-hybridized carbons (Fsp3) is 0.311. The molecule has 0 saturated heterocycles. The number of carbonyl (C=O) groups is 1. The fourth-order valence-electron chi connectivity index (χ4n) is 6.71. The minimum Gasteiger partial charge on any atom is -0.512 e. The molecule has 265 valence electrons. The number of nitrogens with zero attached hydrogens (tertiary/aromatic N) is 2.